The zero-order chi connectivity index (χ0) is 32.1. The molecule has 0 fully saturated rings. The van der Waals surface area contributed by atoms with E-state index in [1.807, 2.05) is 31.2 Å². The summed E-state index contributed by atoms with van der Waals surface area (Å²) < 4.78 is 0. The van der Waals surface area contributed by atoms with Gasteiger partial charge < -0.3 is 48.3 Å². The Kier molecular flexibility index (Phi) is 13.4. The zero-order valence-corrected chi connectivity index (χ0v) is 24.3. The van der Waals surface area contributed by atoms with Crippen molar-refractivity contribution >= 4 is 46.5 Å². The van der Waals surface area contributed by atoms with Crippen LogP contribution in [0.5, 0.6) is 0 Å². The molecule has 0 saturated heterocycles. The molecule has 1 aromatic carbocycles. The number of nitrogens with two attached hydrogens (primary N) is 3. The van der Waals surface area contributed by atoms with Crippen molar-refractivity contribution in [3.05, 3.63) is 36.0 Å². The highest BCUT2D eigenvalue weighted by Crippen LogP contribution is 2.19. The van der Waals surface area contributed by atoms with Crippen LogP contribution in [0.1, 0.15) is 51.5 Å². The van der Waals surface area contributed by atoms with Crippen molar-refractivity contribution in [1.82, 2.24) is 20.9 Å². The molecule has 3 amide bonds. The van der Waals surface area contributed by atoms with Crippen molar-refractivity contribution in [2.75, 3.05) is 6.54 Å². The maximum Gasteiger partial charge on any atom is 0.326 e. The van der Waals surface area contributed by atoms with E-state index in [0.717, 1.165) is 10.9 Å². The van der Waals surface area contributed by atoms with Crippen LogP contribution in [-0.4, -0.2) is 81.5 Å². The number of carbonyl (C=O) groups is 5. The van der Waals surface area contributed by atoms with Crippen LogP contribution in [0.4, 0.5) is 0 Å². The van der Waals surface area contributed by atoms with E-state index in [-0.39, 0.29) is 44.1 Å². The Morgan fingerprint density at radius 3 is 2.19 bits per heavy atom. The van der Waals surface area contributed by atoms with Gasteiger partial charge in [0.1, 0.15) is 18.1 Å². The van der Waals surface area contributed by atoms with Crippen molar-refractivity contribution in [2.24, 2.45) is 28.1 Å². The second-order valence-corrected chi connectivity index (χ2v) is 10.4. The molecular formula is C28H42N8O7. The lowest BCUT2D eigenvalue weighted by Gasteiger charge is -2.26. The summed E-state index contributed by atoms with van der Waals surface area (Å²) in [6.45, 7) is 3.82. The Balaban J connectivity index is 2.29. The van der Waals surface area contributed by atoms with Crippen LogP contribution < -0.4 is 33.2 Å². The number of aliphatic carboxylic acids is 2. The summed E-state index contributed by atoms with van der Waals surface area (Å²) in [5, 5.41) is 27.2. The van der Waals surface area contributed by atoms with Gasteiger partial charge in [-0.2, -0.15) is 0 Å². The SMILES string of the molecule is CCC(C)C(N)C(=O)NC(Cc1c[nH]c2ccccc12)C(=O)NC(CCC(=O)O)C(=O)NC(CCCN=C(N)N)C(=O)O. The Labute approximate surface area is 249 Å². The number of carbonyl (C=O) groups excluding carboxylic acids is 3. The third-order valence-corrected chi connectivity index (χ3v) is 7.13. The van der Waals surface area contributed by atoms with Gasteiger partial charge in [-0.15, -0.1) is 0 Å². The summed E-state index contributed by atoms with van der Waals surface area (Å²) in [4.78, 5) is 69.7. The molecule has 5 unspecified atom stereocenters. The lowest BCUT2D eigenvalue weighted by atomic mass is 9.98. The minimum atomic E-state index is -1.41. The number of aliphatic imine (C=N–C) groups is 1. The third-order valence-electron chi connectivity index (χ3n) is 7.13. The fraction of sp³-hybridized carbons (Fsp3) is 0.500. The molecule has 236 valence electrons. The van der Waals surface area contributed by atoms with Gasteiger partial charge in [0.2, 0.25) is 17.7 Å². The predicted octanol–water partition coefficient (Wildman–Crippen LogP) is -0.459. The van der Waals surface area contributed by atoms with Gasteiger partial charge in [-0.25, -0.2) is 4.79 Å². The minimum absolute atomic E-state index is 0.0236. The molecule has 2 aromatic rings. The fourth-order valence-electron chi connectivity index (χ4n) is 4.35. The Hall–Kier alpha value is -4.66. The van der Waals surface area contributed by atoms with Crippen molar-refractivity contribution in [2.45, 2.75) is 76.5 Å². The molecule has 1 heterocycles. The first-order valence-corrected chi connectivity index (χ1v) is 14.1. The number of nitrogens with zero attached hydrogens (tertiary/aromatic N) is 1. The van der Waals surface area contributed by atoms with E-state index in [1.165, 1.54) is 0 Å². The van der Waals surface area contributed by atoms with E-state index in [0.29, 0.717) is 12.0 Å². The molecule has 0 aliphatic rings. The maximum atomic E-state index is 13.6. The molecule has 15 nitrogen and oxygen atoms in total. The van der Waals surface area contributed by atoms with Gasteiger partial charge in [0.05, 0.1) is 6.04 Å². The number of hydrogen-bond donors (Lipinski definition) is 9. The monoisotopic (exact) mass is 602 g/mol. The van der Waals surface area contributed by atoms with Gasteiger partial charge in [0.25, 0.3) is 0 Å². The number of carboxylic acids is 2. The molecule has 5 atom stereocenters. The third kappa shape index (κ3) is 10.9. The predicted molar refractivity (Wildman–Crippen MR) is 160 cm³/mol. The average Bonchev–Trinajstić information content (AvgIpc) is 3.37. The smallest absolute Gasteiger partial charge is 0.326 e. The highest BCUT2D eigenvalue weighted by molar-refractivity contribution is 5.95. The molecule has 0 saturated carbocycles. The number of benzene rings is 1. The summed E-state index contributed by atoms with van der Waals surface area (Å²) in [6, 6.07) is 2.54. The molecule has 43 heavy (non-hydrogen) atoms. The first-order chi connectivity index (χ1) is 20.3. The summed E-state index contributed by atoms with van der Waals surface area (Å²) in [6.07, 6.45) is 1.76. The highest BCUT2D eigenvalue weighted by Gasteiger charge is 2.32. The first-order valence-electron chi connectivity index (χ1n) is 14.1. The van der Waals surface area contributed by atoms with Gasteiger partial charge in [-0.1, -0.05) is 38.5 Å². The molecule has 1 aromatic heterocycles. The Bertz CT molecular complexity index is 1310. The minimum Gasteiger partial charge on any atom is -0.481 e. The topological polar surface area (TPSA) is 268 Å². The number of fused-ring (bicyclic) bond motifs is 1. The second-order valence-electron chi connectivity index (χ2n) is 10.4. The zero-order valence-electron chi connectivity index (χ0n) is 24.3. The van der Waals surface area contributed by atoms with Crippen LogP contribution in [0.15, 0.2) is 35.5 Å². The molecule has 12 N–H and O–H groups in total. The van der Waals surface area contributed by atoms with Crippen molar-refractivity contribution in [3.63, 3.8) is 0 Å². The number of H-pyrrole nitrogens is 1. The van der Waals surface area contributed by atoms with Gasteiger partial charge >= 0.3 is 11.9 Å². The standard InChI is InChI=1S/C28H42N8O7/c1-3-15(2)23(29)26(41)36-21(13-16-14-33-18-8-5-4-7-17(16)18)25(40)34-19(10-11-22(37)38)24(39)35-20(27(42)43)9-6-12-32-28(30)31/h4-5,7-8,14-15,19-21,23,33H,3,6,9-13,29H2,1-2H3,(H,34,40)(H,35,39)(H,36,41)(H,37,38)(H,42,43)(H4,30,31,32). The quantitative estimate of drug-likeness (QED) is 0.0602. The van der Waals surface area contributed by atoms with Gasteiger partial charge in [0, 0.05) is 36.5 Å². The first kappa shape index (κ1) is 34.5. The number of amides is 3. The van der Waals surface area contributed by atoms with Gasteiger partial charge in [-0.3, -0.25) is 24.2 Å². The summed E-state index contributed by atoms with van der Waals surface area (Å²) in [5.74, 6) is -5.10. The number of nitrogens with one attached hydrogen (secondary N) is 4. The lowest BCUT2D eigenvalue weighted by molar-refractivity contribution is -0.143. The van der Waals surface area contributed by atoms with Crippen molar-refractivity contribution in [3.8, 4) is 0 Å². The van der Waals surface area contributed by atoms with E-state index >= 15 is 0 Å². The molecule has 0 bridgehead atoms. The molecule has 0 spiro atoms. The van der Waals surface area contributed by atoms with Crippen LogP contribution in [0.25, 0.3) is 10.9 Å². The van der Waals surface area contributed by atoms with E-state index < -0.39 is 60.2 Å². The van der Waals surface area contributed by atoms with Gasteiger partial charge in [-0.05, 0) is 36.8 Å². The summed E-state index contributed by atoms with van der Waals surface area (Å²) in [7, 11) is 0. The highest BCUT2D eigenvalue weighted by atomic mass is 16.4. The summed E-state index contributed by atoms with van der Waals surface area (Å²) in [5.41, 5.74) is 18.2. The molecular weight excluding hydrogens is 560 g/mol. The van der Waals surface area contributed by atoms with E-state index in [9.17, 15) is 34.2 Å². The van der Waals surface area contributed by atoms with Crippen LogP contribution in [0, 0.1) is 5.92 Å². The number of guanidine groups is 1. The maximum absolute atomic E-state index is 13.6. The molecule has 0 radical (unpaired) electrons. The van der Waals surface area contributed by atoms with Crippen LogP contribution in [-0.2, 0) is 30.4 Å². The average molecular weight is 603 g/mol. The molecule has 15 heteroatoms. The number of aromatic nitrogens is 1. The Morgan fingerprint density at radius 1 is 0.930 bits per heavy atom. The number of aromatic amines is 1. The fourth-order valence-corrected chi connectivity index (χ4v) is 4.35. The molecule has 0 aliphatic heterocycles. The molecule has 0 aliphatic carbocycles. The lowest BCUT2D eigenvalue weighted by Crippen LogP contribution is -2.58. The van der Waals surface area contributed by atoms with Crippen molar-refractivity contribution in [1.29, 1.82) is 0 Å². The molecule has 2 rings (SSSR count). The van der Waals surface area contributed by atoms with E-state index in [1.54, 1.807) is 13.1 Å². The second kappa shape index (κ2) is 16.7. The largest absolute Gasteiger partial charge is 0.481 e. The van der Waals surface area contributed by atoms with Crippen LogP contribution >= 0.6 is 0 Å². The van der Waals surface area contributed by atoms with Crippen LogP contribution in [0.3, 0.4) is 0 Å². The van der Waals surface area contributed by atoms with Crippen molar-refractivity contribution < 1.29 is 34.2 Å². The number of carboxylic acid groups (broad SMARTS) is 2. The van der Waals surface area contributed by atoms with Crippen LogP contribution in [0.2, 0.25) is 0 Å². The summed E-state index contributed by atoms with van der Waals surface area (Å²) >= 11 is 0. The van der Waals surface area contributed by atoms with E-state index in [2.05, 4.69) is 25.9 Å². The number of para-hydroxylation sites is 1. The number of hydrogen-bond acceptors (Lipinski definition) is 7. The number of rotatable bonds is 18. The van der Waals surface area contributed by atoms with Gasteiger partial charge in [0.15, 0.2) is 5.96 Å². The van der Waals surface area contributed by atoms with E-state index in [4.69, 9.17) is 17.2 Å². The Morgan fingerprint density at radius 2 is 1.56 bits per heavy atom. The normalized spacial score (nSPS) is 14.5.